The molecule has 0 N–H and O–H groups in total. The van der Waals surface area contributed by atoms with Gasteiger partial charge < -0.3 is 18.0 Å². The molecule has 0 radical (unpaired) electrons. The molecule has 0 amide bonds. The van der Waals surface area contributed by atoms with Gasteiger partial charge in [0, 0.05) is 27.4 Å². The van der Waals surface area contributed by atoms with Gasteiger partial charge in [-0.15, -0.1) is 0 Å². The van der Waals surface area contributed by atoms with Crippen LogP contribution in [0.3, 0.4) is 0 Å². The minimum atomic E-state index is -2.37. The fourth-order valence-corrected chi connectivity index (χ4v) is 6.62. The minimum absolute atomic E-state index is 0.633. The first kappa shape index (κ1) is 16.9. The fourth-order valence-electron chi connectivity index (χ4n) is 4.75. The van der Waals surface area contributed by atoms with Crippen molar-refractivity contribution in [1.82, 2.24) is 0 Å². The second-order valence-corrected chi connectivity index (χ2v) is 10.5. The van der Waals surface area contributed by atoms with Crippen LogP contribution in [0, 0.1) is 17.8 Å². The van der Waals surface area contributed by atoms with Crippen molar-refractivity contribution in [1.29, 1.82) is 0 Å². The van der Waals surface area contributed by atoms with Crippen LogP contribution in [0.15, 0.2) is 0 Å². The Labute approximate surface area is 136 Å². The van der Waals surface area contributed by atoms with E-state index in [-0.39, 0.29) is 0 Å². The van der Waals surface area contributed by atoms with E-state index in [2.05, 4.69) is 0 Å². The van der Waals surface area contributed by atoms with Crippen LogP contribution in [-0.2, 0) is 18.0 Å². The molecule has 0 spiro atoms. The SMILES string of the molecule is CO[Si](CCC1CCC(C2CCC3OC3C2)CC1)(OC)OC. The van der Waals surface area contributed by atoms with Crippen molar-refractivity contribution in [2.75, 3.05) is 21.3 Å². The van der Waals surface area contributed by atoms with Crippen LogP contribution in [0.25, 0.3) is 0 Å². The van der Waals surface area contributed by atoms with E-state index < -0.39 is 8.80 Å². The van der Waals surface area contributed by atoms with E-state index in [9.17, 15) is 0 Å². The van der Waals surface area contributed by atoms with Crippen LogP contribution in [-0.4, -0.2) is 42.3 Å². The van der Waals surface area contributed by atoms with Gasteiger partial charge in [0.05, 0.1) is 12.2 Å². The lowest BCUT2D eigenvalue weighted by atomic mass is 9.70. The molecule has 128 valence electrons. The third kappa shape index (κ3) is 3.75. The van der Waals surface area contributed by atoms with Gasteiger partial charge in [-0.2, -0.15) is 0 Å². The highest BCUT2D eigenvalue weighted by atomic mass is 28.4. The van der Waals surface area contributed by atoms with E-state index in [1.54, 1.807) is 21.3 Å². The van der Waals surface area contributed by atoms with E-state index in [4.69, 9.17) is 18.0 Å². The molecule has 4 nitrogen and oxygen atoms in total. The molecule has 2 saturated carbocycles. The summed E-state index contributed by atoms with van der Waals surface area (Å²) in [6.07, 6.45) is 12.1. The van der Waals surface area contributed by atoms with Crippen molar-refractivity contribution in [3.63, 3.8) is 0 Å². The van der Waals surface area contributed by atoms with Gasteiger partial charge in [0.1, 0.15) is 0 Å². The van der Waals surface area contributed by atoms with E-state index in [1.807, 2.05) is 0 Å². The molecular weight excluding hydrogens is 296 g/mol. The van der Waals surface area contributed by atoms with E-state index in [0.29, 0.717) is 12.2 Å². The molecule has 1 aliphatic heterocycles. The summed E-state index contributed by atoms with van der Waals surface area (Å²) in [7, 11) is 2.77. The lowest BCUT2D eigenvalue weighted by Crippen LogP contribution is -2.43. The predicted octanol–water partition coefficient (Wildman–Crippen LogP) is 3.63. The zero-order chi connectivity index (χ0) is 15.6. The highest BCUT2D eigenvalue weighted by Gasteiger charge is 2.46. The molecule has 1 heterocycles. The van der Waals surface area contributed by atoms with Gasteiger partial charge in [-0.25, -0.2) is 0 Å². The van der Waals surface area contributed by atoms with Gasteiger partial charge in [-0.3, -0.25) is 0 Å². The summed E-state index contributed by atoms with van der Waals surface area (Å²) in [6, 6.07) is 0.951. The summed E-state index contributed by atoms with van der Waals surface area (Å²) in [5.41, 5.74) is 0. The van der Waals surface area contributed by atoms with Crippen LogP contribution in [0.5, 0.6) is 0 Å². The smallest absolute Gasteiger partial charge is 0.377 e. The summed E-state index contributed by atoms with van der Waals surface area (Å²) >= 11 is 0. The maximum absolute atomic E-state index is 5.70. The summed E-state index contributed by atoms with van der Waals surface area (Å²) in [6.45, 7) is 0. The van der Waals surface area contributed by atoms with Crippen LogP contribution < -0.4 is 0 Å². The number of rotatable bonds is 7. The van der Waals surface area contributed by atoms with E-state index in [1.165, 1.54) is 51.4 Å². The summed E-state index contributed by atoms with van der Waals surface area (Å²) < 4.78 is 22.3. The molecule has 0 aromatic rings. The Hall–Kier alpha value is 0.0569. The summed E-state index contributed by atoms with van der Waals surface area (Å²) in [4.78, 5) is 0. The Balaban J connectivity index is 1.40. The van der Waals surface area contributed by atoms with Crippen LogP contribution in [0.2, 0.25) is 6.04 Å². The minimum Gasteiger partial charge on any atom is -0.377 e. The molecule has 0 aromatic heterocycles. The lowest BCUT2D eigenvalue weighted by Gasteiger charge is -2.35. The summed E-state index contributed by atoms with van der Waals surface area (Å²) in [5.74, 6) is 2.72. The van der Waals surface area contributed by atoms with Gasteiger partial charge in [0.25, 0.3) is 0 Å². The number of ether oxygens (including phenoxy) is 1. The Morgan fingerprint density at radius 1 is 0.818 bits per heavy atom. The van der Waals surface area contributed by atoms with Gasteiger partial charge >= 0.3 is 8.80 Å². The number of fused-ring (bicyclic) bond motifs is 1. The maximum Gasteiger partial charge on any atom is 0.500 e. The third-order valence-electron chi connectivity index (χ3n) is 6.39. The zero-order valence-corrected chi connectivity index (χ0v) is 15.4. The standard InChI is InChI=1S/C17H32O4Si/c1-18-22(19-2,20-3)11-10-13-4-6-14(7-5-13)15-8-9-16-17(12-15)21-16/h13-17H,4-12H2,1-3H3. The molecule has 2 aliphatic carbocycles. The van der Waals surface area contributed by atoms with Crippen LogP contribution in [0.1, 0.15) is 51.4 Å². The Kier molecular flexibility index (Phi) is 5.61. The first-order chi connectivity index (χ1) is 10.7. The quantitative estimate of drug-likeness (QED) is 0.528. The lowest BCUT2D eigenvalue weighted by molar-refractivity contribution is 0.117. The average Bonchev–Trinajstić information content (AvgIpc) is 3.36. The Bertz CT molecular complexity index is 344. The Morgan fingerprint density at radius 2 is 1.45 bits per heavy atom. The van der Waals surface area contributed by atoms with Crippen molar-refractivity contribution in [3.8, 4) is 0 Å². The monoisotopic (exact) mass is 328 g/mol. The van der Waals surface area contributed by atoms with E-state index in [0.717, 1.165) is 23.8 Å². The molecular formula is C17H32O4Si. The molecule has 1 saturated heterocycles. The van der Waals surface area contributed by atoms with Crippen molar-refractivity contribution in [2.45, 2.75) is 69.6 Å². The molecule has 0 bridgehead atoms. The molecule has 5 heteroatoms. The molecule has 0 aromatic carbocycles. The normalized spacial score (nSPS) is 38.6. The molecule has 3 aliphatic rings. The van der Waals surface area contributed by atoms with Crippen LogP contribution in [0.4, 0.5) is 0 Å². The third-order valence-corrected chi connectivity index (χ3v) is 9.16. The molecule has 3 unspecified atom stereocenters. The Morgan fingerprint density at radius 3 is 2.05 bits per heavy atom. The van der Waals surface area contributed by atoms with Crippen molar-refractivity contribution >= 4 is 8.80 Å². The largest absolute Gasteiger partial charge is 0.500 e. The number of epoxide rings is 1. The second-order valence-electron chi connectivity index (χ2n) is 7.40. The predicted molar refractivity (Wildman–Crippen MR) is 87.7 cm³/mol. The van der Waals surface area contributed by atoms with E-state index >= 15 is 0 Å². The molecule has 22 heavy (non-hydrogen) atoms. The molecule has 3 fully saturated rings. The average molecular weight is 329 g/mol. The number of hydrogen-bond acceptors (Lipinski definition) is 4. The second kappa shape index (κ2) is 7.30. The van der Waals surface area contributed by atoms with Crippen molar-refractivity contribution in [2.24, 2.45) is 17.8 Å². The topological polar surface area (TPSA) is 40.2 Å². The van der Waals surface area contributed by atoms with Gasteiger partial charge in [-0.05, 0) is 56.3 Å². The highest BCUT2D eigenvalue weighted by Crippen LogP contribution is 2.46. The van der Waals surface area contributed by atoms with Crippen LogP contribution >= 0.6 is 0 Å². The first-order valence-corrected chi connectivity index (χ1v) is 10.9. The fraction of sp³-hybridized carbons (Fsp3) is 1.00. The molecule has 3 atom stereocenters. The van der Waals surface area contributed by atoms with Crippen molar-refractivity contribution < 1.29 is 18.0 Å². The van der Waals surface area contributed by atoms with Crippen molar-refractivity contribution in [3.05, 3.63) is 0 Å². The van der Waals surface area contributed by atoms with Gasteiger partial charge in [0.15, 0.2) is 0 Å². The first-order valence-electron chi connectivity index (χ1n) is 9.00. The van der Waals surface area contributed by atoms with Gasteiger partial charge in [0.2, 0.25) is 0 Å². The van der Waals surface area contributed by atoms with Gasteiger partial charge in [-0.1, -0.05) is 12.8 Å². The molecule has 3 rings (SSSR count). The summed E-state index contributed by atoms with van der Waals surface area (Å²) in [5, 5.41) is 0. The zero-order valence-electron chi connectivity index (χ0n) is 14.4. The maximum atomic E-state index is 5.70. The highest BCUT2D eigenvalue weighted by molar-refractivity contribution is 6.60. The number of hydrogen-bond donors (Lipinski definition) is 0.